The van der Waals surface area contributed by atoms with E-state index in [4.69, 9.17) is 12.8 Å². The summed E-state index contributed by atoms with van der Waals surface area (Å²) in [7, 11) is -1.46. The first-order valence-electron chi connectivity index (χ1n) is 14.4. The van der Waals surface area contributed by atoms with E-state index in [1.54, 1.807) is 50.8 Å². The maximum Gasteiger partial charge on any atom is 1.00 e. The average molecular weight is 941 g/mol. The Hall–Kier alpha value is 0.117. The van der Waals surface area contributed by atoms with Crippen molar-refractivity contribution in [2.75, 3.05) is 12.3 Å². The van der Waals surface area contributed by atoms with Gasteiger partial charge in [-0.05, 0) is 87.7 Å². The summed E-state index contributed by atoms with van der Waals surface area (Å²) in [6, 6.07) is 15.0. The van der Waals surface area contributed by atoms with Crippen LogP contribution < -0.4 is 10.4 Å². The van der Waals surface area contributed by atoms with Gasteiger partial charge in [-0.25, -0.2) is 0 Å². The van der Waals surface area contributed by atoms with Gasteiger partial charge in [0.25, 0.3) is 0 Å². The molecule has 2 aromatic carbocycles. The normalized spacial score (nSPS) is 24.4. The fourth-order valence-corrected chi connectivity index (χ4v) is 17.6. The molecule has 4 atom stereocenters. The van der Waals surface area contributed by atoms with Crippen LogP contribution in [0, 0.1) is 25.2 Å². The van der Waals surface area contributed by atoms with Gasteiger partial charge in [0.1, 0.15) is 8.07 Å². The van der Waals surface area contributed by atoms with Crippen LogP contribution in [-0.2, 0) is 44.8 Å². The number of rotatable bonds is 5. The van der Waals surface area contributed by atoms with Crippen LogP contribution in [0.2, 0.25) is 13.1 Å². The zero-order valence-corrected chi connectivity index (χ0v) is 32.0. The molecule has 3 heterocycles. The SMILES string of the molecule is C[C@H]1CC[C@H](C)[PH+]1CCCC[PH+]1[C@@H](C)CC[C@@H]1C.[Au+].[Au+].[C-]#C.[C-]#Cc1ccc2c(c1)-c1ccccc1[Si]2(C)C. The molecule has 2 fully saturated rings. The molecule has 2 saturated heterocycles. The van der Waals surface area contributed by atoms with E-state index < -0.39 is 8.07 Å². The number of unbranched alkanes of at least 4 members (excludes halogenated alkanes) is 1. The summed E-state index contributed by atoms with van der Waals surface area (Å²) in [6.07, 6.45) is 28.8. The Labute approximate surface area is 275 Å². The van der Waals surface area contributed by atoms with Crippen molar-refractivity contribution in [3.63, 3.8) is 0 Å². The molecule has 218 valence electrons. The Kier molecular flexibility index (Phi) is 16.5. The van der Waals surface area contributed by atoms with Gasteiger partial charge in [-0.2, -0.15) is 0 Å². The van der Waals surface area contributed by atoms with Crippen LogP contribution in [0.3, 0.4) is 0 Å². The van der Waals surface area contributed by atoms with Gasteiger partial charge in [0, 0.05) is 15.8 Å². The molecule has 0 saturated carbocycles. The van der Waals surface area contributed by atoms with Gasteiger partial charge < -0.3 is 19.3 Å². The predicted octanol–water partition coefficient (Wildman–Crippen LogP) is 7.97. The topological polar surface area (TPSA) is 0 Å². The summed E-state index contributed by atoms with van der Waals surface area (Å²) in [5.41, 5.74) is 7.99. The quantitative estimate of drug-likeness (QED) is 0.0940. The van der Waals surface area contributed by atoms with Crippen molar-refractivity contribution in [2.45, 2.75) is 102 Å². The second-order valence-corrected chi connectivity index (χ2v) is 23.7. The maximum absolute atomic E-state index is 7.25. The average Bonchev–Trinajstić information content (AvgIpc) is 3.49. The first-order valence-corrected chi connectivity index (χ1v) is 21.1. The molecule has 0 radical (unpaired) electrons. The third-order valence-electron chi connectivity index (χ3n) is 9.51. The molecular formula is C34H48Au2P2Si+2. The molecule has 0 N–H and O–H groups in total. The van der Waals surface area contributed by atoms with Gasteiger partial charge >= 0.3 is 44.8 Å². The molecule has 3 aliphatic rings. The van der Waals surface area contributed by atoms with E-state index in [-0.39, 0.29) is 60.6 Å². The van der Waals surface area contributed by atoms with E-state index >= 15 is 0 Å². The third kappa shape index (κ3) is 8.81. The van der Waals surface area contributed by atoms with Gasteiger partial charge in [-0.15, -0.1) is 17.7 Å². The van der Waals surface area contributed by atoms with Crippen LogP contribution >= 0.6 is 15.8 Å². The monoisotopic (exact) mass is 940 g/mol. The number of hydrogen-bond acceptors (Lipinski definition) is 0. The molecule has 0 aromatic heterocycles. The van der Waals surface area contributed by atoms with Crippen molar-refractivity contribution in [3.05, 3.63) is 60.9 Å². The molecule has 5 rings (SSSR count). The number of benzene rings is 2. The molecule has 0 amide bonds. The Morgan fingerprint density at radius 2 is 1.18 bits per heavy atom. The Bertz CT molecular complexity index is 1060. The Morgan fingerprint density at radius 1 is 0.744 bits per heavy atom. The van der Waals surface area contributed by atoms with Crippen LogP contribution in [0.25, 0.3) is 11.1 Å². The maximum atomic E-state index is 7.25. The van der Waals surface area contributed by atoms with Crippen molar-refractivity contribution in [2.24, 2.45) is 0 Å². The minimum Gasteiger partial charge on any atom is -0.697 e. The van der Waals surface area contributed by atoms with E-state index in [2.05, 4.69) is 89.5 Å². The summed E-state index contributed by atoms with van der Waals surface area (Å²) >= 11 is 0. The number of hydrogen-bond donors (Lipinski definition) is 0. The van der Waals surface area contributed by atoms with Crippen LogP contribution in [0.1, 0.15) is 71.8 Å². The van der Waals surface area contributed by atoms with Crippen molar-refractivity contribution in [1.82, 2.24) is 0 Å². The van der Waals surface area contributed by atoms with Crippen molar-refractivity contribution < 1.29 is 44.8 Å². The van der Waals surface area contributed by atoms with Crippen LogP contribution in [0.4, 0.5) is 0 Å². The molecule has 0 nitrogen and oxygen atoms in total. The van der Waals surface area contributed by atoms with Gasteiger partial charge in [0.15, 0.2) is 0 Å². The molecule has 0 aliphatic carbocycles. The first-order chi connectivity index (χ1) is 17.7. The van der Waals surface area contributed by atoms with Gasteiger partial charge in [-0.3, -0.25) is 5.92 Å². The fourth-order valence-electron chi connectivity index (χ4n) is 7.15. The summed E-state index contributed by atoms with van der Waals surface area (Å²) in [5.74, 6) is 2.48. The van der Waals surface area contributed by atoms with E-state index in [0.717, 1.165) is 28.2 Å². The zero-order valence-electron chi connectivity index (χ0n) is 24.7. The van der Waals surface area contributed by atoms with Gasteiger partial charge in [-0.1, -0.05) is 43.4 Å². The van der Waals surface area contributed by atoms with E-state index in [1.165, 1.54) is 21.5 Å². The minimum absolute atomic E-state index is 0. The van der Waals surface area contributed by atoms with Crippen molar-refractivity contribution >= 4 is 34.3 Å². The summed E-state index contributed by atoms with van der Waals surface area (Å²) < 4.78 is 0. The Morgan fingerprint density at radius 3 is 1.64 bits per heavy atom. The predicted molar refractivity (Wildman–Crippen MR) is 175 cm³/mol. The molecule has 0 unspecified atom stereocenters. The standard InChI is InChI=1S/C16H32P2.C16H13Si.C2H.2Au/c1-13-7-8-14(2)17(13)11-5-6-12-18-15(3)9-10-16(18)4;1-4-12-9-10-16-14(11-12)13-7-5-6-8-15(13)17(16,2)3;1-2;;/h13-16H,5-12H2,1-4H3;5-11H,2-3H3;1H;;/q;2*-1;2*+1/p+2/t13-,14-,15-,16-;;;;/m0..../s1. The summed E-state index contributed by atoms with van der Waals surface area (Å²) in [4.78, 5) is 0. The molecule has 3 aliphatic heterocycles. The van der Waals surface area contributed by atoms with E-state index in [0.29, 0.717) is 0 Å². The third-order valence-corrected chi connectivity index (χ3v) is 21.2. The fraction of sp³-hybridized carbons (Fsp3) is 0.529. The van der Waals surface area contributed by atoms with Crippen LogP contribution in [0.5, 0.6) is 0 Å². The Balaban J connectivity index is 0.000000350. The van der Waals surface area contributed by atoms with Crippen LogP contribution in [0.15, 0.2) is 42.5 Å². The minimum atomic E-state index is -1.51. The second kappa shape index (κ2) is 17.3. The number of fused-ring (bicyclic) bond motifs is 3. The molecule has 0 spiro atoms. The molecular weight excluding hydrogens is 892 g/mol. The first kappa shape index (κ1) is 37.1. The van der Waals surface area contributed by atoms with Crippen molar-refractivity contribution in [1.29, 1.82) is 0 Å². The molecule has 0 bridgehead atoms. The smallest absolute Gasteiger partial charge is 0.697 e. The summed E-state index contributed by atoms with van der Waals surface area (Å²) in [5, 5.41) is 3.00. The van der Waals surface area contributed by atoms with Crippen molar-refractivity contribution in [3.8, 4) is 23.5 Å². The number of terminal acetylenes is 1. The molecule has 2 aromatic rings. The molecule has 39 heavy (non-hydrogen) atoms. The summed E-state index contributed by atoms with van der Waals surface area (Å²) in [6.45, 7) is 14.9. The second-order valence-electron chi connectivity index (χ2n) is 12.2. The van der Waals surface area contributed by atoms with E-state index in [9.17, 15) is 0 Å². The zero-order chi connectivity index (χ0) is 27.2. The van der Waals surface area contributed by atoms with Gasteiger partial charge in [0.2, 0.25) is 0 Å². The van der Waals surface area contributed by atoms with Gasteiger partial charge in [0.05, 0.1) is 35.0 Å². The molecule has 5 heteroatoms. The van der Waals surface area contributed by atoms with Crippen LogP contribution in [-0.4, -0.2) is 43.0 Å². The largest absolute Gasteiger partial charge is 1.00 e. The van der Waals surface area contributed by atoms with E-state index in [1.807, 2.05) is 6.07 Å².